The lowest BCUT2D eigenvalue weighted by Gasteiger charge is -2.22. The monoisotopic (exact) mass is 336 g/mol. The quantitative estimate of drug-likeness (QED) is 0.902. The Bertz CT molecular complexity index is 558. The number of nitrogens with zero attached hydrogens (tertiary/aromatic N) is 2. The fourth-order valence-corrected chi connectivity index (χ4v) is 2.52. The van der Waals surface area contributed by atoms with E-state index in [9.17, 15) is 5.11 Å². The van der Waals surface area contributed by atoms with Crippen molar-refractivity contribution in [3.05, 3.63) is 52.3 Å². The first kappa shape index (κ1) is 15.3. The van der Waals surface area contributed by atoms with E-state index in [-0.39, 0.29) is 0 Å². The fourth-order valence-electron chi connectivity index (χ4n) is 2.25. The minimum atomic E-state index is -0.788. The van der Waals surface area contributed by atoms with E-state index in [1.807, 2.05) is 48.1 Å². The molecule has 1 heterocycles. The molecule has 0 aliphatic rings. The van der Waals surface area contributed by atoms with Gasteiger partial charge in [-0.05, 0) is 44.5 Å². The molecule has 0 radical (unpaired) electrons. The third-order valence-corrected chi connectivity index (χ3v) is 3.78. The molecule has 1 aromatic carbocycles. The van der Waals surface area contributed by atoms with Gasteiger partial charge in [0.15, 0.2) is 0 Å². The summed E-state index contributed by atoms with van der Waals surface area (Å²) < 4.78 is 2.97. The zero-order valence-electron chi connectivity index (χ0n) is 12.2. The lowest BCUT2D eigenvalue weighted by Crippen LogP contribution is -2.30. The first-order valence-electron chi connectivity index (χ1n) is 6.86. The summed E-state index contributed by atoms with van der Waals surface area (Å²) in [5.41, 5.74) is 1.27. The highest BCUT2D eigenvalue weighted by Crippen LogP contribution is 2.20. The molecule has 1 aromatic heterocycles. The highest BCUT2D eigenvalue weighted by atomic mass is 79.9. The maximum atomic E-state index is 10.6. The van der Waals surface area contributed by atoms with Gasteiger partial charge in [0.2, 0.25) is 0 Å². The first-order chi connectivity index (χ1) is 9.35. The molecule has 0 aliphatic carbocycles. The van der Waals surface area contributed by atoms with Crippen molar-refractivity contribution in [1.82, 2.24) is 9.78 Å². The van der Waals surface area contributed by atoms with Gasteiger partial charge >= 0.3 is 0 Å². The summed E-state index contributed by atoms with van der Waals surface area (Å²) >= 11 is 3.42. The second kappa shape index (κ2) is 6.10. The van der Waals surface area contributed by atoms with Gasteiger partial charge in [-0.3, -0.25) is 4.68 Å². The predicted molar refractivity (Wildman–Crippen MR) is 84.8 cm³/mol. The largest absolute Gasteiger partial charge is 0.389 e. The number of benzene rings is 1. The Labute approximate surface area is 128 Å². The molecule has 1 unspecified atom stereocenters. The van der Waals surface area contributed by atoms with Crippen LogP contribution < -0.4 is 0 Å². The molecule has 0 bridgehead atoms. The van der Waals surface area contributed by atoms with Crippen molar-refractivity contribution in [2.24, 2.45) is 0 Å². The van der Waals surface area contributed by atoms with Crippen LogP contribution >= 0.6 is 15.9 Å². The van der Waals surface area contributed by atoms with Gasteiger partial charge in [0, 0.05) is 29.6 Å². The van der Waals surface area contributed by atoms with Gasteiger partial charge < -0.3 is 5.11 Å². The Balaban J connectivity index is 2.04. The maximum absolute atomic E-state index is 10.6. The molecule has 2 aromatic rings. The van der Waals surface area contributed by atoms with Crippen LogP contribution in [0, 0.1) is 0 Å². The van der Waals surface area contributed by atoms with E-state index in [0.717, 1.165) is 15.7 Å². The fraction of sp³-hybridized carbons (Fsp3) is 0.438. The summed E-state index contributed by atoms with van der Waals surface area (Å²) in [6.07, 6.45) is 3.15. The molecule has 0 saturated carbocycles. The number of aliphatic hydroxyl groups is 1. The van der Waals surface area contributed by atoms with Crippen molar-refractivity contribution in [2.45, 2.75) is 45.3 Å². The number of hydrogen-bond donors (Lipinski definition) is 1. The Morgan fingerprint density at radius 2 is 1.85 bits per heavy atom. The predicted octanol–water partition coefficient (Wildman–Crippen LogP) is 3.76. The number of hydrogen-bond acceptors (Lipinski definition) is 2. The maximum Gasteiger partial charge on any atom is 0.0715 e. The van der Waals surface area contributed by atoms with Crippen LogP contribution in [0.1, 0.15) is 38.1 Å². The van der Waals surface area contributed by atoms with E-state index in [4.69, 9.17) is 0 Å². The second-order valence-electron chi connectivity index (χ2n) is 5.86. The molecular weight excluding hydrogens is 316 g/mol. The Morgan fingerprint density at radius 1 is 1.20 bits per heavy atom. The minimum absolute atomic E-state index is 0.347. The van der Waals surface area contributed by atoms with Crippen molar-refractivity contribution in [3.63, 3.8) is 0 Å². The van der Waals surface area contributed by atoms with Crippen LogP contribution in [0.3, 0.4) is 0 Å². The summed E-state index contributed by atoms with van der Waals surface area (Å²) in [5.74, 6) is 0. The average molecular weight is 337 g/mol. The summed E-state index contributed by atoms with van der Waals surface area (Å²) in [6, 6.07) is 10.4. The van der Waals surface area contributed by atoms with Gasteiger partial charge in [0.05, 0.1) is 11.3 Å². The van der Waals surface area contributed by atoms with E-state index in [1.54, 1.807) is 0 Å². The van der Waals surface area contributed by atoms with Crippen LogP contribution in [0.15, 0.2) is 41.0 Å². The number of halogens is 1. The van der Waals surface area contributed by atoms with Gasteiger partial charge in [-0.15, -0.1) is 0 Å². The van der Waals surface area contributed by atoms with E-state index >= 15 is 0 Å². The zero-order valence-corrected chi connectivity index (χ0v) is 13.8. The second-order valence-corrected chi connectivity index (χ2v) is 6.77. The van der Waals surface area contributed by atoms with Crippen molar-refractivity contribution < 1.29 is 5.11 Å². The molecule has 0 aliphatic heterocycles. The molecule has 2 rings (SSSR count). The van der Waals surface area contributed by atoms with Crippen LogP contribution in [-0.4, -0.2) is 20.5 Å². The first-order valence-corrected chi connectivity index (χ1v) is 7.66. The van der Waals surface area contributed by atoms with Gasteiger partial charge in [-0.25, -0.2) is 0 Å². The summed E-state index contributed by atoms with van der Waals surface area (Å²) in [6.45, 7) is 6.05. The van der Waals surface area contributed by atoms with Crippen LogP contribution in [0.5, 0.6) is 0 Å². The van der Waals surface area contributed by atoms with E-state index in [2.05, 4.69) is 34.9 Å². The van der Waals surface area contributed by atoms with Crippen molar-refractivity contribution >= 4 is 15.9 Å². The summed E-state index contributed by atoms with van der Waals surface area (Å²) in [7, 11) is 0. The SMILES string of the molecule is CC(C)n1ccc(CC(C)(O)Cc2ccc(Br)cc2)n1. The van der Waals surface area contributed by atoms with Gasteiger partial charge in [-0.1, -0.05) is 28.1 Å². The lowest BCUT2D eigenvalue weighted by molar-refractivity contribution is 0.0596. The molecule has 1 N–H and O–H groups in total. The van der Waals surface area contributed by atoms with Crippen LogP contribution in [0.4, 0.5) is 0 Å². The molecule has 3 nitrogen and oxygen atoms in total. The van der Waals surface area contributed by atoms with Crippen molar-refractivity contribution in [3.8, 4) is 0 Å². The molecule has 0 saturated heterocycles. The van der Waals surface area contributed by atoms with Crippen LogP contribution in [0.25, 0.3) is 0 Å². The van der Waals surface area contributed by atoms with Gasteiger partial charge in [-0.2, -0.15) is 5.10 Å². The van der Waals surface area contributed by atoms with Crippen LogP contribution in [0.2, 0.25) is 0 Å². The molecule has 0 spiro atoms. The smallest absolute Gasteiger partial charge is 0.0715 e. The van der Waals surface area contributed by atoms with Gasteiger partial charge in [0.1, 0.15) is 0 Å². The van der Waals surface area contributed by atoms with E-state index < -0.39 is 5.60 Å². The standard InChI is InChI=1S/C16H21BrN2O/c1-12(2)19-9-8-15(18-19)11-16(3,20)10-13-4-6-14(17)7-5-13/h4-9,12,20H,10-11H2,1-3H3. The molecular formula is C16H21BrN2O. The highest BCUT2D eigenvalue weighted by Gasteiger charge is 2.23. The van der Waals surface area contributed by atoms with Crippen molar-refractivity contribution in [1.29, 1.82) is 0 Å². The average Bonchev–Trinajstić information content (AvgIpc) is 2.79. The van der Waals surface area contributed by atoms with E-state index in [1.165, 1.54) is 0 Å². The third-order valence-electron chi connectivity index (χ3n) is 3.25. The summed E-state index contributed by atoms with van der Waals surface area (Å²) in [4.78, 5) is 0. The molecule has 20 heavy (non-hydrogen) atoms. The van der Waals surface area contributed by atoms with E-state index in [0.29, 0.717) is 18.9 Å². The third kappa shape index (κ3) is 4.18. The summed E-state index contributed by atoms with van der Waals surface area (Å²) in [5, 5.41) is 15.1. The lowest BCUT2D eigenvalue weighted by atomic mass is 9.92. The number of rotatable bonds is 5. The van der Waals surface area contributed by atoms with Gasteiger partial charge in [0.25, 0.3) is 0 Å². The molecule has 0 fully saturated rings. The zero-order chi connectivity index (χ0) is 14.8. The minimum Gasteiger partial charge on any atom is -0.389 e. The Hall–Kier alpha value is -1.13. The Kier molecular flexibility index (Phi) is 4.66. The number of aromatic nitrogens is 2. The van der Waals surface area contributed by atoms with Crippen LogP contribution in [-0.2, 0) is 12.8 Å². The molecule has 0 amide bonds. The highest BCUT2D eigenvalue weighted by molar-refractivity contribution is 9.10. The topological polar surface area (TPSA) is 38.0 Å². The molecule has 4 heteroatoms. The Morgan fingerprint density at radius 3 is 2.40 bits per heavy atom. The normalized spacial score (nSPS) is 14.5. The van der Waals surface area contributed by atoms with Crippen molar-refractivity contribution in [2.75, 3.05) is 0 Å². The molecule has 1 atom stereocenters. The molecule has 108 valence electrons.